The molecule has 0 atom stereocenters. The van der Waals surface area contributed by atoms with E-state index in [1.807, 2.05) is 24.5 Å². The SMILES string of the molecule is N#Cc1cccnc1N1CCN(Cc2ccncc2)CC1. The standard InChI is InChI=1S/C16H17N5/c17-12-15-2-1-5-19-16(15)21-10-8-20(9-11-21)13-14-3-6-18-7-4-14/h1-7H,8-11,13H2. The molecule has 0 saturated carbocycles. The molecule has 0 bridgehead atoms. The lowest BCUT2D eigenvalue weighted by atomic mass is 10.2. The maximum Gasteiger partial charge on any atom is 0.146 e. The van der Waals surface area contributed by atoms with Gasteiger partial charge in [0.1, 0.15) is 11.9 Å². The van der Waals surface area contributed by atoms with Gasteiger partial charge in [0.15, 0.2) is 0 Å². The van der Waals surface area contributed by atoms with Gasteiger partial charge in [-0.25, -0.2) is 4.98 Å². The van der Waals surface area contributed by atoms with Crippen LogP contribution < -0.4 is 4.90 Å². The molecule has 3 heterocycles. The summed E-state index contributed by atoms with van der Waals surface area (Å²) in [5.74, 6) is 0.809. The van der Waals surface area contributed by atoms with Crippen molar-refractivity contribution in [3.63, 3.8) is 0 Å². The number of piperazine rings is 1. The molecule has 0 amide bonds. The average molecular weight is 279 g/mol. The second-order valence-electron chi connectivity index (χ2n) is 5.11. The van der Waals surface area contributed by atoms with Crippen molar-refractivity contribution in [1.82, 2.24) is 14.9 Å². The molecule has 1 fully saturated rings. The topological polar surface area (TPSA) is 56.1 Å². The largest absolute Gasteiger partial charge is 0.353 e. The number of hydrogen-bond acceptors (Lipinski definition) is 5. The summed E-state index contributed by atoms with van der Waals surface area (Å²) in [6, 6.07) is 9.96. The summed E-state index contributed by atoms with van der Waals surface area (Å²) in [5.41, 5.74) is 1.94. The lowest BCUT2D eigenvalue weighted by Gasteiger charge is -2.35. The average Bonchev–Trinajstić information content (AvgIpc) is 2.56. The lowest BCUT2D eigenvalue weighted by molar-refractivity contribution is 0.249. The molecule has 2 aromatic rings. The van der Waals surface area contributed by atoms with E-state index in [2.05, 4.69) is 38.0 Å². The van der Waals surface area contributed by atoms with Crippen LogP contribution in [-0.2, 0) is 6.54 Å². The van der Waals surface area contributed by atoms with Crippen LogP contribution in [0, 0.1) is 11.3 Å². The molecule has 0 radical (unpaired) electrons. The van der Waals surface area contributed by atoms with Crippen molar-refractivity contribution in [2.45, 2.75) is 6.54 Å². The van der Waals surface area contributed by atoms with Gasteiger partial charge in [-0.2, -0.15) is 5.26 Å². The molecule has 0 N–H and O–H groups in total. The van der Waals surface area contributed by atoms with E-state index in [0.717, 1.165) is 38.5 Å². The van der Waals surface area contributed by atoms with Crippen LogP contribution >= 0.6 is 0 Å². The number of pyridine rings is 2. The van der Waals surface area contributed by atoms with Gasteiger partial charge in [0.25, 0.3) is 0 Å². The highest BCUT2D eigenvalue weighted by Crippen LogP contribution is 2.18. The third-order valence-electron chi connectivity index (χ3n) is 3.73. The molecule has 1 saturated heterocycles. The minimum absolute atomic E-state index is 0.653. The second kappa shape index (κ2) is 6.33. The normalized spacial score (nSPS) is 15.7. The highest BCUT2D eigenvalue weighted by atomic mass is 15.3. The van der Waals surface area contributed by atoms with Gasteiger partial charge in [-0.3, -0.25) is 9.88 Å². The van der Waals surface area contributed by atoms with E-state index >= 15 is 0 Å². The van der Waals surface area contributed by atoms with Gasteiger partial charge in [0.2, 0.25) is 0 Å². The molecule has 1 aliphatic rings. The third kappa shape index (κ3) is 3.18. The molecule has 1 aliphatic heterocycles. The van der Waals surface area contributed by atoms with Gasteiger partial charge in [-0.1, -0.05) is 0 Å². The van der Waals surface area contributed by atoms with E-state index in [0.29, 0.717) is 5.56 Å². The molecule has 5 nitrogen and oxygen atoms in total. The Hall–Kier alpha value is -2.45. The summed E-state index contributed by atoms with van der Waals surface area (Å²) >= 11 is 0. The smallest absolute Gasteiger partial charge is 0.146 e. The van der Waals surface area contributed by atoms with Crippen molar-refractivity contribution in [2.75, 3.05) is 31.1 Å². The highest BCUT2D eigenvalue weighted by Gasteiger charge is 2.19. The van der Waals surface area contributed by atoms with Crippen LogP contribution in [0.1, 0.15) is 11.1 Å². The van der Waals surface area contributed by atoms with Gasteiger partial charge in [0, 0.05) is 51.3 Å². The molecule has 0 aliphatic carbocycles. The van der Waals surface area contributed by atoms with Crippen LogP contribution in [0.3, 0.4) is 0 Å². The van der Waals surface area contributed by atoms with Crippen LogP contribution in [0.15, 0.2) is 42.9 Å². The molecule has 5 heteroatoms. The van der Waals surface area contributed by atoms with Gasteiger partial charge in [-0.05, 0) is 29.8 Å². The number of nitriles is 1. The Morgan fingerprint density at radius 1 is 1.05 bits per heavy atom. The first-order valence-electron chi connectivity index (χ1n) is 7.08. The van der Waals surface area contributed by atoms with E-state index in [1.165, 1.54) is 5.56 Å². The van der Waals surface area contributed by atoms with E-state index in [1.54, 1.807) is 6.20 Å². The number of hydrogen-bond donors (Lipinski definition) is 0. The summed E-state index contributed by atoms with van der Waals surface area (Å²) in [4.78, 5) is 13.0. The first-order chi connectivity index (χ1) is 10.4. The van der Waals surface area contributed by atoms with Crippen LogP contribution in [0.2, 0.25) is 0 Å². The zero-order valence-electron chi connectivity index (χ0n) is 11.8. The Labute approximate surface area is 124 Å². The molecule has 0 spiro atoms. The Morgan fingerprint density at radius 2 is 1.81 bits per heavy atom. The molecule has 21 heavy (non-hydrogen) atoms. The lowest BCUT2D eigenvalue weighted by Crippen LogP contribution is -2.46. The fraction of sp³-hybridized carbons (Fsp3) is 0.312. The van der Waals surface area contributed by atoms with Crippen molar-refractivity contribution in [1.29, 1.82) is 5.26 Å². The molecule has 0 aromatic carbocycles. The quantitative estimate of drug-likeness (QED) is 0.855. The molecular weight excluding hydrogens is 262 g/mol. The predicted octanol–water partition coefficient (Wildman–Crippen LogP) is 1.67. The highest BCUT2D eigenvalue weighted by molar-refractivity contribution is 5.53. The number of nitrogens with zero attached hydrogens (tertiary/aromatic N) is 5. The van der Waals surface area contributed by atoms with Gasteiger partial charge in [-0.15, -0.1) is 0 Å². The zero-order chi connectivity index (χ0) is 14.5. The molecule has 2 aromatic heterocycles. The van der Waals surface area contributed by atoms with Crippen molar-refractivity contribution < 1.29 is 0 Å². The maximum absolute atomic E-state index is 9.16. The van der Waals surface area contributed by atoms with Crippen molar-refractivity contribution in [3.05, 3.63) is 54.0 Å². The summed E-state index contributed by atoms with van der Waals surface area (Å²) in [6.45, 7) is 4.70. The summed E-state index contributed by atoms with van der Waals surface area (Å²) in [6.07, 6.45) is 5.41. The Bertz CT molecular complexity index is 627. The number of aromatic nitrogens is 2. The summed E-state index contributed by atoms with van der Waals surface area (Å²) in [7, 11) is 0. The number of rotatable bonds is 3. The van der Waals surface area contributed by atoms with E-state index in [-0.39, 0.29) is 0 Å². The number of anilines is 1. The third-order valence-corrected chi connectivity index (χ3v) is 3.73. The van der Waals surface area contributed by atoms with Crippen molar-refractivity contribution >= 4 is 5.82 Å². The maximum atomic E-state index is 9.16. The van der Waals surface area contributed by atoms with Crippen molar-refractivity contribution in [2.24, 2.45) is 0 Å². The van der Waals surface area contributed by atoms with Crippen LogP contribution in [0.4, 0.5) is 5.82 Å². The molecule has 106 valence electrons. The Balaban J connectivity index is 1.62. The molecular formula is C16H17N5. The summed E-state index contributed by atoms with van der Waals surface area (Å²) in [5, 5.41) is 9.16. The van der Waals surface area contributed by atoms with Crippen LogP contribution in [-0.4, -0.2) is 41.0 Å². The van der Waals surface area contributed by atoms with Gasteiger partial charge in [0.05, 0.1) is 5.56 Å². The van der Waals surface area contributed by atoms with E-state index in [4.69, 9.17) is 5.26 Å². The Morgan fingerprint density at radius 3 is 2.52 bits per heavy atom. The Kier molecular flexibility index (Phi) is 4.08. The molecule has 0 unspecified atom stereocenters. The predicted molar refractivity (Wildman–Crippen MR) is 80.7 cm³/mol. The minimum atomic E-state index is 0.653. The van der Waals surface area contributed by atoms with Crippen LogP contribution in [0.5, 0.6) is 0 Å². The van der Waals surface area contributed by atoms with Crippen molar-refractivity contribution in [3.8, 4) is 6.07 Å². The van der Waals surface area contributed by atoms with Gasteiger partial charge < -0.3 is 4.90 Å². The van der Waals surface area contributed by atoms with E-state index < -0.39 is 0 Å². The zero-order valence-corrected chi connectivity index (χ0v) is 11.8. The van der Waals surface area contributed by atoms with Gasteiger partial charge >= 0.3 is 0 Å². The first kappa shape index (κ1) is 13.5. The second-order valence-corrected chi connectivity index (χ2v) is 5.11. The van der Waals surface area contributed by atoms with E-state index in [9.17, 15) is 0 Å². The van der Waals surface area contributed by atoms with Crippen LogP contribution in [0.25, 0.3) is 0 Å². The fourth-order valence-corrected chi connectivity index (χ4v) is 2.60. The fourth-order valence-electron chi connectivity index (χ4n) is 2.60. The first-order valence-corrected chi connectivity index (χ1v) is 7.08. The molecule has 3 rings (SSSR count). The minimum Gasteiger partial charge on any atom is -0.353 e. The summed E-state index contributed by atoms with van der Waals surface area (Å²) < 4.78 is 0. The monoisotopic (exact) mass is 279 g/mol.